The summed E-state index contributed by atoms with van der Waals surface area (Å²) in [5.74, 6) is -0.872. The molecule has 1 aromatic heterocycles. The van der Waals surface area contributed by atoms with E-state index < -0.39 is 5.97 Å². The van der Waals surface area contributed by atoms with E-state index in [4.69, 9.17) is 16.7 Å². The molecule has 0 saturated carbocycles. The Bertz CT molecular complexity index is 451. The Balaban J connectivity index is 2.18. The quantitative estimate of drug-likeness (QED) is 0.689. The highest BCUT2D eigenvalue weighted by atomic mass is 35.5. The van der Waals surface area contributed by atoms with Gasteiger partial charge in [-0.05, 0) is 24.5 Å². The van der Waals surface area contributed by atoms with Crippen LogP contribution in [0.5, 0.6) is 0 Å². The van der Waals surface area contributed by atoms with Crippen LogP contribution in [-0.4, -0.2) is 30.2 Å². The fourth-order valence-corrected chi connectivity index (χ4v) is 2.78. The van der Waals surface area contributed by atoms with Crippen LogP contribution in [0.3, 0.4) is 0 Å². The molecule has 1 unspecified atom stereocenters. The number of thiophene rings is 1. The third kappa shape index (κ3) is 6.77. The largest absolute Gasteiger partial charge is 0.481 e. The maximum Gasteiger partial charge on any atom is 0.314 e. The van der Waals surface area contributed by atoms with Crippen LogP contribution in [0.4, 0.5) is 4.79 Å². The smallest absolute Gasteiger partial charge is 0.314 e. The molecule has 3 N–H and O–H groups in total. The molecule has 0 saturated heterocycles. The maximum absolute atomic E-state index is 11.6. The van der Waals surface area contributed by atoms with Crippen LogP contribution >= 0.6 is 22.9 Å². The van der Waals surface area contributed by atoms with Crippen molar-refractivity contribution in [2.24, 2.45) is 5.92 Å². The molecular weight excluding hydrogens is 300 g/mol. The number of halogens is 1. The fourth-order valence-electron chi connectivity index (χ4n) is 1.69. The number of hydrogen-bond acceptors (Lipinski definition) is 3. The first-order valence-electron chi connectivity index (χ1n) is 6.49. The van der Waals surface area contributed by atoms with Crippen molar-refractivity contribution in [3.8, 4) is 0 Å². The second kappa shape index (κ2) is 8.81. The van der Waals surface area contributed by atoms with Gasteiger partial charge in [0.25, 0.3) is 0 Å². The number of carboxylic acid groups (broad SMARTS) is 1. The summed E-state index contributed by atoms with van der Waals surface area (Å²) < 4.78 is 0.740. The van der Waals surface area contributed by atoms with Crippen molar-refractivity contribution in [3.63, 3.8) is 0 Å². The zero-order chi connectivity index (χ0) is 15.0. The molecule has 0 spiro atoms. The first kappa shape index (κ1) is 16.8. The number of aliphatic carboxylic acids is 1. The summed E-state index contributed by atoms with van der Waals surface area (Å²) in [6.45, 7) is 2.81. The molecule has 1 atom stereocenters. The molecular formula is C13H19ClN2O3S. The molecule has 0 radical (unpaired) electrons. The number of carboxylic acids is 1. The molecule has 7 heteroatoms. The zero-order valence-corrected chi connectivity index (χ0v) is 12.9. The van der Waals surface area contributed by atoms with E-state index in [1.54, 1.807) is 0 Å². The molecule has 0 aliphatic rings. The topological polar surface area (TPSA) is 78.4 Å². The number of carbonyl (C=O) groups is 2. The van der Waals surface area contributed by atoms with Gasteiger partial charge in [-0.15, -0.1) is 11.3 Å². The summed E-state index contributed by atoms with van der Waals surface area (Å²) in [5.41, 5.74) is 0. The predicted molar refractivity (Wildman–Crippen MR) is 80.5 cm³/mol. The highest BCUT2D eigenvalue weighted by molar-refractivity contribution is 7.16. The third-order valence-electron chi connectivity index (χ3n) is 2.88. The van der Waals surface area contributed by atoms with Crippen LogP contribution in [0.1, 0.15) is 24.6 Å². The molecule has 112 valence electrons. The maximum atomic E-state index is 11.6. The SMILES string of the molecule is CCC(CNC(=O)NCCc1ccc(Cl)s1)CC(=O)O. The molecule has 1 rings (SSSR count). The van der Waals surface area contributed by atoms with E-state index in [9.17, 15) is 9.59 Å². The number of nitrogens with one attached hydrogen (secondary N) is 2. The summed E-state index contributed by atoms with van der Waals surface area (Å²) in [7, 11) is 0. The minimum absolute atomic E-state index is 0.0330. The van der Waals surface area contributed by atoms with Crippen molar-refractivity contribution in [3.05, 3.63) is 21.3 Å². The summed E-state index contributed by atoms with van der Waals surface area (Å²) in [4.78, 5) is 23.3. The standard InChI is InChI=1S/C13H19ClN2O3S/c1-2-9(7-12(17)18)8-16-13(19)15-6-5-10-3-4-11(14)20-10/h3-4,9H,2,5-8H2,1H3,(H,17,18)(H2,15,16,19). The lowest BCUT2D eigenvalue weighted by Crippen LogP contribution is -2.39. The van der Waals surface area contributed by atoms with Crippen LogP contribution in [0.25, 0.3) is 0 Å². The van der Waals surface area contributed by atoms with Gasteiger partial charge < -0.3 is 15.7 Å². The van der Waals surface area contributed by atoms with Gasteiger partial charge in [0.1, 0.15) is 0 Å². The molecule has 2 amide bonds. The number of rotatable bonds is 8. The minimum atomic E-state index is -0.839. The Hall–Kier alpha value is -1.27. The summed E-state index contributed by atoms with van der Waals surface area (Å²) in [6, 6.07) is 3.50. The lowest BCUT2D eigenvalue weighted by molar-refractivity contribution is -0.138. The first-order valence-corrected chi connectivity index (χ1v) is 7.68. The predicted octanol–water partition coefficient (Wildman–Crippen LogP) is 2.74. The van der Waals surface area contributed by atoms with Gasteiger partial charge in [-0.1, -0.05) is 24.9 Å². The Morgan fingerprint density at radius 2 is 2.15 bits per heavy atom. The van der Waals surface area contributed by atoms with Crippen molar-refractivity contribution in [2.45, 2.75) is 26.2 Å². The van der Waals surface area contributed by atoms with Gasteiger partial charge >= 0.3 is 12.0 Å². The van der Waals surface area contributed by atoms with Gasteiger partial charge in [-0.25, -0.2) is 4.79 Å². The highest BCUT2D eigenvalue weighted by Crippen LogP contribution is 2.21. The van der Waals surface area contributed by atoms with Crippen LogP contribution < -0.4 is 10.6 Å². The van der Waals surface area contributed by atoms with Crippen molar-refractivity contribution in [1.82, 2.24) is 10.6 Å². The van der Waals surface area contributed by atoms with E-state index in [-0.39, 0.29) is 18.4 Å². The molecule has 1 heterocycles. The Morgan fingerprint density at radius 1 is 1.40 bits per heavy atom. The van der Waals surface area contributed by atoms with Crippen LogP contribution in [0.15, 0.2) is 12.1 Å². The van der Waals surface area contributed by atoms with Gasteiger partial charge in [0.15, 0.2) is 0 Å². The Kier molecular flexibility index (Phi) is 7.40. The third-order valence-corrected chi connectivity index (χ3v) is 4.17. The number of carbonyl (C=O) groups excluding carboxylic acids is 1. The molecule has 1 aromatic rings. The molecule has 20 heavy (non-hydrogen) atoms. The Labute approximate surface area is 127 Å². The van der Waals surface area contributed by atoms with Gasteiger partial charge in [-0.3, -0.25) is 4.79 Å². The van der Waals surface area contributed by atoms with E-state index >= 15 is 0 Å². The van der Waals surface area contributed by atoms with Crippen molar-refractivity contribution < 1.29 is 14.7 Å². The second-order valence-corrected chi connectivity index (χ2v) is 6.26. The summed E-state index contributed by atoms with van der Waals surface area (Å²) in [6.07, 6.45) is 1.53. The molecule has 0 aliphatic carbocycles. The number of amides is 2. The molecule has 0 aliphatic heterocycles. The average molecular weight is 319 g/mol. The normalized spacial score (nSPS) is 11.9. The van der Waals surface area contributed by atoms with Crippen molar-refractivity contribution in [2.75, 3.05) is 13.1 Å². The summed E-state index contributed by atoms with van der Waals surface area (Å²) >= 11 is 7.31. The Morgan fingerprint density at radius 3 is 2.70 bits per heavy atom. The molecule has 0 fully saturated rings. The van der Waals surface area contributed by atoms with Crippen LogP contribution in [0.2, 0.25) is 4.34 Å². The average Bonchev–Trinajstić information content (AvgIpc) is 2.80. The molecule has 0 bridgehead atoms. The minimum Gasteiger partial charge on any atom is -0.481 e. The van der Waals surface area contributed by atoms with E-state index in [1.807, 2.05) is 19.1 Å². The lowest BCUT2D eigenvalue weighted by Gasteiger charge is -2.13. The van der Waals surface area contributed by atoms with E-state index in [1.165, 1.54) is 11.3 Å². The first-order chi connectivity index (χ1) is 9.51. The zero-order valence-electron chi connectivity index (χ0n) is 11.3. The monoisotopic (exact) mass is 318 g/mol. The van der Waals surface area contributed by atoms with Gasteiger partial charge in [0.05, 0.1) is 4.34 Å². The van der Waals surface area contributed by atoms with E-state index in [0.717, 1.165) is 22.1 Å². The lowest BCUT2D eigenvalue weighted by atomic mass is 10.0. The highest BCUT2D eigenvalue weighted by Gasteiger charge is 2.12. The van der Waals surface area contributed by atoms with E-state index in [0.29, 0.717) is 13.1 Å². The van der Waals surface area contributed by atoms with Gasteiger partial charge in [0.2, 0.25) is 0 Å². The van der Waals surface area contributed by atoms with Gasteiger partial charge in [-0.2, -0.15) is 0 Å². The van der Waals surface area contributed by atoms with Crippen LogP contribution in [0, 0.1) is 5.92 Å². The van der Waals surface area contributed by atoms with Crippen LogP contribution in [-0.2, 0) is 11.2 Å². The fraction of sp³-hybridized carbons (Fsp3) is 0.538. The second-order valence-electron chi connectivity index (χ2n) is 4.46. The molecule has 5 nitrogen and oxygen atoms in total. The van der Waals surface area contributed by atoms with Crippen molar-refractivity contribution >= 4 is 34.9 Å². The number of hydrogen-bond donors (Lipinski definition) is 3. The van der Waals surface area contributed by atoms with Gasteiger partial charge in [0, 0.05) is 24.4 Å². The number of urea groups is 1. The van der Waals surface area contributed by atoms with E-state index in [2.05, 4.69) is 10.6 Å². The molecule has 0 aromatic carbocycles. The van der Waals surface area contributed by atoms with Crippen molar-refractivity contribution in [1.29, 1.82) is 0 Å². The summed E-state index contributed by atoms with van der Waals surface area (Å²) in [5, 5.41) is 14.1.